The number of methoxy groups -OCH3 is 1. The van der Waals surface area contributed by atoms with Crippen molar-refractivity contribution < 1.29 is 4.74 Å². The van der Waals surface area contributed by atoms with Crippen LogP contribution < -0.4 is 15.4 Å². The lowest BCUT2D eigenvalue weighted by atomic mass is 10.1. The van der Waals surface area contributed by atoms with Crippen LogP contribution in [0.2, 0.25) is 0 Å². The quantitative estimate of drug-likeness (QED) is 0.830. The zero-order valence-electron chi connectivity index (χ0n) is 10.6. The van der Waals surface area contributed by atoms with Gasteiger partial charge in [0, 0.05) is 18.1 Å². The molecule has 0 unspecified atom stereocenters. The van der Waals surface area contributed by atoms with Crippen LogP contribution in [0.1, 0.15) is 5.56 Å². The molecule has 1 aromatic carbocycles. The monoisotopic (exact) mass is 293 g/mol. The molecular formula is C13H15N3OS2. The molecular weight excluding hydrogens is 278 g/mol. The van der Waals surface area contributed by atoms with Gasteiger partial charge in [-0.15, -0.1) is 11.3 Å². The highest BCUT2D eigenvalue weighted by atomic mass is 32.1. The fourth-order valence-corrected chi connectivity index (χ4v) is 2.44. The number of thiocarbonyl (C=S) groups is 1. The molecule has 0 saturated heterocycles. The number of thiazole rings is 1. The second-order valence-electron chi connectivity index (χ2n) is 3.78. The minimum absolute atomic E-state index is 0.588. The Balaban J connectivity index is 1.78. The number of benzene rings is 1. The van der Waals surface area contributed by atoms with Crippen LogP contribution in [0.15, 0.2) is 35.8 Å². The number of rotatable bonds is 5. The summed E-state index contributed by atoms with van der Waals surface area (Å²) in [5, 5.41) is 9.48. The van der Waals surface area contributed by atoms with Gasteiger partial charge in [-0.3, -0.25) is 0 Å². The first-order valence-corrected chi connectivity index (χ1v) is 7.14. The van der Waals surface area contributed by atoms with Crippen LogP contribution in [-0.4, -0.2) is 23.8 Å². The first kappa shape index (κ1) is 13.8. The van der Waals surface area contributed by atoms with Gasteiger partial charge in [0.2, 0.25) is 0 Å². The van der Waals surface area contributed by atoms with Crippen LogP contribution in [0.3, 0.4) is 0 Å². The molecule has 0 radical (unpaired) electrons. The van der Waals surface area contributed by atoms with E-state index in [2.05, 4.69) is 21.7 Å². The normalized spacial score (nSPS) is 9.95. The third-order valence-electron chi connectivity index (χ3n) is 2.53. The van der Waals surface area contributed by atoms with E-state index in [1.54, 1.807) is 13.3 Å². The Kier molecular flexibility index (Phi) is 5.11. The summed E-state index contributed by atoms with van der Waals surface area (Å²) in [6.45, 7) is 0.748. The molecule has 0 aliphatic heterocycles. The van der Waals surface area contributed by atoms with Crippen LogP contribution in [0, 0.1) is 0 Å². The lowest BCUT2D eigenvalue weighted by Gasteiger charge is -2.10. The molecule has 0 atom stereocenters. The van der Waals surface area contributed by atoms with E-state index in [-0.39, 0.29) is 0 Å². The Labute approximate surface area is 121 Å². The van der Waals surface area contributed by atoms with Gasteiger partial charge in [-0.05, 0) is 30.3 Å². The summed E-state index contributed by atoms with van der Waals surface area (Å²) in [6.07, 6.45) is 2.59. The Morgan fingerprint density at radius 3 is 3.00 bits per heavy atom. The SMILES string of the molecule is COc1ccccc1CCNC(=S)Nc1nccs1. The largest absolute Gasteiger partial charge is 0.496 e. The van der Waals surface area contributed by atoms with Crippen molar-refractivity contribution in [1.82, 2.24) is 10.3 Å². The second kappa shape index (κ2) is 7.06. The molecule has 0 aliphatic rings. The zero-order chi connectivity index (χ0) is 13.5. The number of aromatic nitrogens is 1. The maximum absolute atomic E-state index is 5.30. The van der Waals surface area contributed by atoms with E-state index in [1.807, 2.05) is 23.6 Å². The van der Waals surface area contributed by atoms with Gasteiger partial charge in [0.15, 0.2) is 10.2 Å². The minimum atomic E-state index is 0.588. The second-order valence-corrected chi connectivity index (χ2v) is 5.08. The molecule has 2 rings (SSSR count). The molecule has 2 aromatic rings. The van der Waals surface area contributed by atoms with E-state index in [0.717, 1.165) is 29.4 Å². The molecule has 6 heteroatoms. The van der Waals surface area contributed by atoms with Crippen LogP contribution in [-0.2, 0) is 6.42 Å². The van der Waals surface area contributed by atoms with Gasteiger partial charge in [0.25, 0.3) is 0 Å². The fraction of sp³-hybridized carbons (Fsp3) is 0.231. The maximum Gasteiger partial charge on any atom is 0.188 e. The van der Waals surface area contributed by atoms with E-state index in [9.17, 15) is 0 Å². The van der Waals surface area contributed by atoms with Gasteiger partial charge in [0.05, 0.1) is 7.11 Å². The number of hydrogen-bond donors (Lipinski definition) is 2. The van der Waals surface area contributed by atoms with Crippen LogP contribution in [0.4, 0.5) is 5.13 Å². The predicted molar refractivity (Wildman–Crippen MR) is 83.0 cm³/mol. The molecule has 0 amide bonds. The van der Waals surface area contributed by atoms with E-state index in [1.165, 1.54) is 11.3 Å². The summed E-state index contributed by atoms with van der Waals surface area (Å²) >= 11 is 6.71. The molecule has 1 aromatic heterocycles. The standard InChI is InChI=1S/C13H15N3OS2/c1-17-11-5-3-2-4-10(11)6-7-14-12(18)16-13-15-8-9-19-13/h2-5,8-9H,6-7H2,1H3,(H2,14,15,16,18). The zero-order valence-corrected chi connectivity index (χ0v) is 12.2. The maximum atomic E-state index is 5.30. The fourth-order valence-electron chi connectivity index (χ4n) is 1.65. The molecule has 19 heavy (non-hydrogen) atoms. The van der Waals surface area contributed by atoms with Crippen molar-refractivity contribution in [3.8, 4) is 5.75 Å². The van der Waals surface area contributed by atoms with E-state index >= 15 is 0 Å². The summed E-state index contributed by atoms with van der Waals surface area (Å²) in [6, 6.07) is 7.98. The molecule has 0 fully saturated rings. The lowest BCUT2D eigenvalue weighted by Crippen LogP contribution is -2.30. The van der Waals surface area contributed by atoms with Gasteiger partial charge < -0.3 is 15.4 Å². The van der Waals surface area contributed by atoms with Crippen molar-refractivity contribution in [3.05, 3.63) is 41.4 Å². The summed E-state index contributed by atoms with van der Waals surface area (Å²) < 4.78 is 5.30. The van der Waals surface area contributed by atoms with Crippen molar-refractivity contribution in [2.24, 2.45) is 0 Å². The minimum Gasteiger partial charge on any atom is -0.496 e. The van der Waals surface area contributed by atoms with Gasteiger partial charge in [-0.25, -0.2) is 4.98 Å². The van der Waals surface area contributed by atoms with Gasteiger partial charge >= 0.3 is 0 Å². The summed E-state index contributed by atoms with van der Waals surface area (Å²) in [4.78, 5) is 4.11. The number of para-hydroxylation sites is 1. The highest BCUT2D eigenvalue weighted by molar-refractivity contribution is 7.80. The molecule has 4 nitrogen and oxygen atoms in total. The van der Waals surface area contributed by atoms with E-state index in [0.29, 0.717) is 5.11 Å². The number of anilines is 1. The van der Waals surface area contributed by atoms with E-state index < -0.39 is 0 Å². The van der Waals surface area contributed by atoms with E-state index in [4.69, 9.17) is 17.0 Å². The molecule has 0 aliphatic carbocycles. The highest BCUT2D eigenvalue weighted by Gasteiger charge is 2.02. The van der Waals surface area contributed by atoms with Crippen LogP contribution >= 0.6 is 23.6 Å². The van der Waals surface area contributed by atoms with Crippen molar-refractivity contribution in [1.29, 1.82) is 0 Å². The Morgan fingerprint density at radius 1 is 1.42 bits per heavy atom. The van der Waals surface area contributed by atoms with Crippen molar-refractivity contribution in [2.75, 3.05) is 19.0 Å². The summed E-state index contributed by atoms with van der Waals surface area (Å²) in [5.74, 6) is 0.906. The van der Waals surface area contributed by atoms with Gasteiger partial charge in [-0.2, -0.15) is 0 Å². The first-order valence-electron chi connectivity index (χ1n) is 5.86. The molecule has 0 saturated carbocycles. The van der Waals surface area contributed by atoms with Crippen molar-refractivity contribution in [3.63, 3.8) is 0 Å². The Morgan fingerprint density at radius 2 is 2.26 bits per heavy atom. The van der Waals surface area contributed by atoms with Gasteiger partial charge in [-0.1, -0.05) is 18.2 Å². The first-order chi connectivity index (χ1) is 9.29. The third-order valence-corrected chi connectivity index (χ3v) is 3.46. The third kappa shape index (κ3) is 4.18. The molecule has 2 N–H and O–H groups in total. The van der Waals surface area contributed by atoms with Gasteiger partial charge in [0.1, 0.15) is 5.75 Å². The topological polar surface area (TPSA) is 46.2 Å². The summed E-state index contributed by atoms with van der Waals surface area (Å²) in [7, 11) is 1.68. The molecule has 100 valence electrons. The van der Waals surface area contributed by atoms with Crippen LogP contribution in [0.25, 0.3) is 0 Å². The Bertz CT molecular complexity index is 528. The molecule has 1 heterocycles. The number of nitrogens with one attached hydrogen (secondary N) is 2. The average Bonchev–Trinajstić information content (AvgIpc) is 2.92. The van der Waals surface area contributed by atoms with Crippen molar-refractivity contribution >= 4 is 33.8 Å². The molecule has 0 spiro atoms. The van der Waals surface area contributed by atoms with Crippen molar-refractivity contribution in [2.45, 2.75) is 6.42 Å². The number of ether oxygens (including phenoxy) is 1. The van der Waals surface area contributed by atoms with Crippen LogP contribution in [0.5, 0.6) is 5.75 Å². The predicted octanol–water partition coefficient (Wildman–Crippen LogP) is 2.68. The number of hydrogen-bond acceptors (Lipinski definition) is 4. The Hall–Kier alpha value is -1.66. The molecule has 0 bridgehead atoms. The average molecular weight is 293 g/mol. The summed E-state index contributed by atoms with van der Waals surface area (Å²) in [5.41, 5.74) is 1.16. The smallest absolute Gasteiger partial charge is 0.188 e. The highest BCUT2D eigenvalue weighted by Crippen LogP contribution is 2.17. The number of nitrogens with zero attached hydrogens (tertiary/aromatic N) is 1. The lowest BCUT2D eigenvalue weighted by molar-refractivity contribution is 0.409.